The van der Waals surface area contributed by atoms with E-state index in [0.717, 1.165) is 0 Å². The van der Waals surface area contributed by atoms with Gasteiger partial charge in [0.25, 0.3) is 0 Å². The van der Waals surface area contributed by atoms with Crippen molar-refractivity contribution in [3.63, 3.8) is 0 Å². The molecular formula is C8H7N3O. The number of hydrogen-bond donors (Lipinski definition) is 0. The Kier molecular flexibility index (Phi) is 1.59. The Bertz CT molecular complexity index is 320. The van der Waals surface area contributed by atoms with Crippen molar-refractivity contribution in [3.05, 3.63) is 24.4 Å². The van der Waals surface area contributed by atoms with E-state index in [1.807, 2.05) is 12.1 Å². The highest BCUT2D eigenvalue weighted by Crippen LogP contribution is 2.12. The van der Waals surface area contributed by atoms with E-state index in [1.165, 1.54) is 4.90 Å². The van der Waals surface area contributed by atoms with Gasteiger partial charge in [-0.2, -0.15) is 0 Å². The monoisotopic (exact) mass is 161 g/mol. The van der Waals surface area contributed by atoms with Crippen LogP contribution >= 0.6 is 0 Å². The summed E-state index contributed by atoms with van der Waals surface area (Å²) in [6.45, 7) is 0.524. The van der Waals surface area contributed by atoms with Crippen LogP contribution in [-0.4, -0.2) is 23.8 Å². The van der Waals surface area contributed by atoms with Gasteiger partial charge >= 0.3 is 6.03 Å². The van der Waals surface area contributed by atoms with Crippen molar-refractivity contribution in [1.29, 1.82) is 0 Å². The number of urea groups is 1. The summed E-state index contributed by atoms with van der Waals surface area (Å²) in [6.07, 6.45) is 3.23. The maximum atomic E-state index is 11.1. The van der Waals surface area contributed by atoms with Gasteiger partial charge in [0, 0.05) is 12.4 Å². The fourth-order valence-electron chi connectivity index (χ4n) is 1.05. The first-order valence-electron chi connectivity index (χ1n) is 3.63. The number of aromatic nitrogens is 1. The number of pyridine rings is 1. The summed E-state index contributed by atoms with van der Waals surface area (Å²) < 4.78 is 0. The highest BCUT2D eigenvalue weighted by atomic mass is 16.2. The number of nitrogens with zero attached hydrogens (tertiary/aromatic N) is 3. The maximum absolute atomic E-state index is 11.1. The molecular weight excluding hydrogens is 154 g/mol. The lowest BCUT2D eigenvalue weighted by atomic mass is 10.4. The summed E-state index contributed by atoms with van der Waals surface area (Å²) in [5.74, 6) is 0.653. The summed E-state index contributed by atoms with van der Waals surface area (Å²) in [4.78, 5) is 20.2. The minimum absolute atomic E-state index is 0.242. The van der Waals surface area contributed by atoms with Crippen LogP contribution in [0.3, 0.4) is 0 Å². The zero-order valence-corrected chi connectivity index (χ0v) is 6.34. The first kappa shape index (κ1) is 6.97. The molecule has 2 amide bonds. The molecule has 0 bridgehead atoms. The lowest BCUT2D eigenvalue weighted by Gasteiger charge is -2.11. The summed E-state index contributed by atoms with van der Waals surface area (Å²) >= 11 is 0. The van der Waals surface area contributed by atoms with E-state index in [-0.39, 0.29) is 6.03 Å². The molecule has 0 radical (unpaired) electrons. The number of hydrogen-bond acceptors (Lipinski definition) is 2. The highest BCUT2D eigenvalue weighted by molar-refractivity contribution is 6.03. The van der Waals surface area contributed by atoms with Crippen molar-refractivity contribution in [1.82, 2.24) is 4.98 Å². The van der Waals surface area contributed by atoms with Gasteiger partial charge in [-0.05, 0) is 12.1 Å². The number of carbonyl (C=O) groups excluding carboxylic acids is 1. The molecule has 2 heterocycles. The number of anilines is 1. The van der Waals surface area contributed by atoms with Crippen LogP contribution in [0.4, 0.5) is 10.6 Å². The SMILES string of the molecule is O=C1N=CCN1c1ccccn1. The molecule has 0 spiro atoms. The largest absolute Gasteiger partial charge is 0.349 e. The van der Waals surface area contributed by atoms with Crippen LogP contribution in [0.25, 0.3) is 0 Å². The van der Waals surface area contributed by atoms with Gasteiger partial charge in [0.05, 0.1) is 6.54 Å². The third-order valence-electron chi connectivity index (χ3n) is 1.62. The Labute approximate surface area is 69.6 Å². The van der Waals surface area contributed by atoms with E-state index < -0.39 is 0 Å². The van der Waals surface area contributed by atoms with Crippen molar-refractivity contribution in [2.45, 2.75) is 0 Å². The molecule has 0 saturated carbocycles. The number of carbonyl (C=O) groups is 1. The van der Waals surface area contributed by atoms with E-state index in [2.05, 4.69) is 9.98 Å². The molecule has 4 heteroatoms. The molecule has 0 atom stereocenters. The second-order valence-electron chi connectivity index (χ2n) is 2.39. The molecule has 0 saturated heterocycles. The molecule has 1 aromatic heterocycles. The van der Waals surface area contributed by atoms with Crippen LogP contribution in [0.1, 0.15) is 0 Å². The minimum atomic E-state index is -0.242. The predicted molar refractivity (Wildman–Crippen MR) is 45.5 cm³/mol. The first-order chi connectivity index (χ1) is 5.88. The van der Waals surface area contributed by atoms with Crippen LogP contribution in [0, 0.1) is 0 Å². The van der Waals surface area contributed by atoms with Crippen LogP contribution in [0.15, 0.2) is 29.4 Å². The summed E-state index contributed by atoms with van der Waals surface area (Å²) in [7, 11) is 0. The normalized spacial score (nSPS) is 15.7. The minimum Gasteiger partial charge on any atom is -0.271 e. The van der Waals surface area contributed by atoms with Crippen LogP contribution in [0.5, 0.6) is 0 Å². The van der Waals surface area contributed by atoms with Crippen molar-refractivity contribution in [3.8, 4) is 0 Å². The van der Waals surface area contributed by atoms with Crippen LogP contribution < -0.4 is 4.90 Å². The van der Waals surface area contributed by atoms with E-state index in [0.29, 0.717) is 12.4 Å². The van der Waals surface area contributed by atoms with Gasteiger partial charge in [0.15, 0.2) is 0 Å². The Morgan fingerprint density at radius 1 is 1.42 bits per heavy atom. The molecule has 0 N–H and O–H groups in total. The third-order valence-corrected chi connectivity index (χ3v) is 1.62. The topological polar surface area (TPSA) is 45.6 Å². The van der Waals surface area contributed by atoms with Gasteiger partial charge in [-0.1, -0.05) is 6.07 Å². The van der Waals surface area contributed by atoms with Gasteiger partial charge in [-0.15, -0.1) is 0 Å². The Balaban J connectivity index is 2.27. The quantitative estimate of drug-likeness (QED) is 0.619. The standard InChI is InChI=1S/C8H7N3O/c12-8-10-5-6-11(8)7-3-1-2-4-9-7/h1-5H,6H2. The number of amides is 2. The maximum Gasteiger partial charge on any atom is 0.349 e. The van der Waals surface area contributed by atoms with Gasteiger partial charge in [-0.3, -0.25) is 4.90 Å². The predicted octanol–water partition coefficient (Wildman–Crippen LogP) is 1.09. The first-order valence-corrected chi connectivity index (χ1v) is 3.63. The van der Waals surface area contributed by atoms with Gasteiger partial charge in [-0.25, -0.2) is 14.8 Å². The molecule has 1 aliphatic rings. The second kappa shape index (κ2) is 2.73. The Morgan fingerprint density at radius 3 is 2.92 bits per heavy atom. The van der Waals surface area contributed by atoms with Crippen LogP contribution in [-0.2, 0) is 0 Å². The van der Waals surface area contributed by atoms with E-state index in [1.54, 1.807) is 18.5 Å². The van der Waals surface area contributed by atoms with Gasteiger partial charge < -0.3 is 0 Å². The fraction of sp³-hybridized carbons (Fsp3) is 0.125. The zero-order chi connectivity index (χ0) is 8.39. The summed E-state index contributed by atoms with van der Waals surface area (Å²) in [5, 5.41) is 0. The molecule has 0 unspecified atom stereocenters. The highest BCUT2D eigenvalue weighted by Gasteiger charge is 2.18. The molecule has 12 heavy (non-hydrogen) atoms. The molecule has 0 aliphatic carbocycles. The molecule has 1 aromatic rings. The summed E-state index contributed by atoms with van der Waals surface area (Å²) in [6, 6.07) is 5.19. The lowest BCUT2D eigenvalue weighted by molar-refractivity contribution is 0.256. The number of rotatable bonds is 1. The van der Waals surface area contributed by atoms with E-state index >= 15 is 0 Å². The smallest absolute Gasteiger partial charge is 0.271 e. The molecule has 2 rings (SSSR count). The molecule has 0 aromatic carbocycles. The van der Waals surface area contributed by atoms with Crippen molar-refractivity contribution in [2.24, 2.45) is 4.99 Å². The van der Waals surface area contributed by atoms with E-state index in [9.17, 15) is 4.79 Å². The van der Waals surface area contributed by atoms with Crippen molar-refractivity contribution >= 4 is 18.1 Å². The average molecular weight is 161 g/mol. The van der Waals surface area contributed by atoms with Gasteiger partial charge in [0.1, 0.15) is 5.82 Å². The fourth-order valence-corrected chi connectivity index (χ4v) is 1.05. The third kappa shape index (κ3) is 1.07. The van der Waals surface area contributed by atoms with Crippen LogP contribution in [0.2, 0.25) is 0 Å². The zero-order valence-electron chi connectivity index (χ0n) is 6.34. The molecule has 4 nitrogen and oxygen atoms in total. The van der Waals surface area contributed by atoms with E-state index in [4.69, 9.17) is 0 Å². The lowest BCUT2D eigenvalue weighted by Crippen LogP contribution is -2.24. The average Bonchev–Trinajstić information content (AvgIpc) is 2.53. The Morgan fingerprint density at radius 2 is 2.33 bits per heavy atom. The number of aliphatic imine (C=N–C) groups is 1. The van der Waals surface area contributed by atoms with Crippen molar-refractivity contribution < 1.29 is 4.79 Å². The Hall–Kier alpha value is -1.71. The van der Waals surface area contributed by atoms with Gasteiger partial charge in [0.2, 0.25) is 0 Å². The molecule has 1 aliphatic heterocycles. The van der Waals surface area contributed by atoms with Crippen molar-refractivity contribution in [2.75, 3.05) is 11.4 Å². The molecule has 0 fully saturated rings. The molecule has 60 valence electrons. The second-order valence-corrected chi connectivity index (χ2v) is 2.39. The summed E-state index contributed by atoms with van der Waals surface area (Å²) in [5.41, 5.74) is 0.